The molecule has 1 atom stereocenters. The second kappa shape index (κ2) is 8.41. The standard InChI is InChI=1S/C16H23F7NO2/c1-11(2)6-7-24(5,8-9-26-13(25)12(3)4)10-14(17,18)15(19,20)16(21,22)23/h6H,3,7-10H2,1-2,4-5H3/q+1. The minimum Gasteiger partial charge on any atom is -0.456 e. The molecule has 0 amide bonds. The van der Waals surface area contributed by atoms with Gasteiger partial charge in [0.2, 0.25) is 0 Å². The van der Waals surface area contributed by atoms with Crippen LogP contribution in [-0.2, 0) is 9.53 Å². The predicted octanol–water partition coefficient (Wildman–Crippen LogP) is 4.35. The lowest BCUT2D eigenvalue weighted by Crippen LogP contribution is -2.62. The lowest BCUT2D eigenvalue weighted by molar-refractivity contribution is -0.913. The SMILES string of the molecule is C=C(C)C(=O)OCC[N+](C)(CC=C(C)C)CC(F)(F)C(F)(F)C(F)(F)F. The molecule has 0 rings (SSSR count). The zero-order valence-corrected chi connectivity index (χ0v) is 15.0. The molecule has 0 saturated heterocycles. The van der Waals surface area contributed by atoms with Crippen LogP contribution in [0.25, 0.3) is 0 Å². The van der Waals surface area contributed by atoms with E-state index in [1.54, 1.807) is 13.8 Å². The van der Waals surface area contributed by atoms with E-state index in [9.17, 15) is 35.5 Å². The maximum atomic E-state index is 13.8. The molecule has 0 aromatic carbocycles. The largest absolute Gasteiger partial charge is 0.460 e. The molecule has 0 saturated carbocycles. The molecule has 0 aliphatic carbocycles. The van der Waals surface area contributed by atoms with Crippen LogP contribution in [0.3, 0.4) is 0 Å². The molecular weight excluding hydrogens is 371 g/mol. The van der Waals surface area contributed by atoms with Crippen molar-refractivity contribution in [1.82, 2.24) is 0 Å². The van der Waals surface area contributed by atoms with Gasteiger partial charge in [0.1, 0.15) is 13.2 Å². The number of hydrogen-bond donors (Lipinski definition) is 0. The van der Waals surface area contributed by atoms with Crippen LogP contribution in [0.1, 0.15) is 20.8 Å². The van der Waals surface area contributed by atoms with Gasteiger partial charge in [-0.2, -0.15) is 30.7 Å². The number of quaternary nitrogens is 1. The minimum absolute atomic E-state index is 0.0393. The Bertz CT molecular complexity index is 551. The number of alkyl halides is 7. The molecule has 0 spiro atoms. The second-order valence-electron chi connectivity index (χ2n) is 6.66. The number of esters is 1. The molecule has 26 heavy (non-hydrogen) atoms. The van der Waals surface area contributed by atoms with E-state index in [4.69, 9.17) is 4.74 Å². The molecule has 0 aromatic heterocycles. The lowest BCUT2D eigenvalue weighted by Gasteiger charge is -2.38. The highest BCUT2D eigenvalue weighted by atomic mass is 19.4. The molecule has 0 radical (unpaired) electrons. The number of hydrogen-bond acceptors (Lipinski definition) is 2. The first-order chi connectivity index (χ1) is 11.5. The highest BCUT2D eigenvalue weighted by Crippen LogP contribution is 2.47. The van der Waals surface area contributed by atoms with E-state index in [1.165, 1.54) is 13.0 Å². The molecule has 152 valence electrons. The van der Waals surface area contributed by atoms with Gasteiger partial charge >= 0.3 is 24.0 Å². The fraction of sp³-hybridized carbons (Fsp3) is 0.688. The third-order valence-electron chi connectivity index (χ3n) is 3.55. The Morgan fingerprint density at radius 2 is 1.58 bits per heavy atom. The van der Waals surface area contributed by atoms with Crippen LogP contribution < -0.4 is 0 Å². The number of rotatable bonds is 9. The fourth-order valence-corrected chi connectivity index (χ4v) is 1.91. The third kappa shape index (κ3) is 6.62. The molecular formula is C16H23F7NO2+. The first kappa shape index (κ1) is 24.4. The summed E-state index contributed by atoms with van der Waals surface area (Å²) in [6, 6.07) is 0. The molecule has 0 aromatic rings. The summed E-state index contributed by atoms with van der Waals surface area (Å²) in [7, 11) is 1.09. The van der Waals surface area contributed by atoms with Crippen molar-refractivity contribution < 1.29 is 44.7 Å². The topological polar surface area (TPSA) is 26.3 Å². The van der Waals surface area contributed by atoms with Gasteiger partial charge < -0.3 is 9.22 Å². The van der Waals surface area contributed by atoms with Crippen LogP contribution in [0.5, 0.6) is 0 Å². The van der Waals surface area contributed by atoms with Crippen molar-refractivity contribution in [3.63, 3.8) is 0 Å². The van der Waals surface area contributed by atoms with Gasteiger partial charge in [0, 0.05) is 5.57 Å². The highest BCUT2D eigenvalue weighted by Gasteiger charge is 2.74. The van der Waals surface area contributed by atoms with Gasteiger partial charge in [-0.3, -0.25) is 0 Å². The van der Waals surface area contributed by atoms with Gasteiger partial charge in [0.05, 0.1) is 13.6 Å². The molecule has 0 aliphatic rings. The van der Waals surface area contributed by atoms with E-state index in [1.807, 2.05) is 0 Å². The van der Waals surface area contributed by atoms with Crippen molar-refractivity contribution in [2.24, 2.45) is 0 Å². The first-order valence-electron chi connectivity index (χ1n) is 7.57. The molecule has 10 heteroatoms. The molecule has 0 bridgehead atoms. The van der Waals surface area contributed by atoms with Crippen LogP contribution >= 0.6 is 0 Å². The van der Waals surface area contributed by atoms with E-state index in [2.05, 4.69) is 6.58 Å². The summed E-state index contributed by atoms with van der Waals surface area (Å²) >= 11 is 0. The number of allylic oxidation sites excluding steroid dienone is 1. The number of halogens is 7. The van der Waals surface area contributed by atoms with E-state index < -0.39 is 41.6 Å². The average Bonchev–Trinajstić information content (AvgIpc) is 2.43. The van der Waals surface area contributed by atoms with Crippen molar-refractivity contribution >= 4 is 5.97 Å². The quantitative estimate of drug-likeness (QED) is 0.191. The Morgan fingerprint density at radius 3 is 1.96 bits per heavy atom. The van der Waals surface area contributed by atoms with Crippen LogP contribution in [0.2, 0.25) is 0 Å². The maximum Gasteiger partial charge on any atom is 0.460 e. The van der Waals surface area contributed by atoms with E-state index in [0.717, 1.165) is 7.05 Å². The van der Waals surface area contributed by atoms with Gasteiger partial charge in [0.25, 0.3) is 0 Å². The van der Waals surface area contributed by atoms with Crippen molar-refractivity contribution in [1.29, 1.82) is 0 Å². The predicted molar refractivity (Wildman–Crippen MR) is 81.9 cm³/mol. The number of carbonyl (C=O) groups excluding carboxylic acids is 1. The Labute approximate surface area is 147 Å². The normalized spacial score (nSPS) is 15.2. The molecule has 3 nitrogen and oxygen atoms in total. The first-order valence-corrected chi connectivity index (χ1v) is 7.57. The monoisotopic (exact) mass is 394 g/mol. The van der Waals surface area contributed by atoms with Crippen LogP contribution in [0, 0.1) is 0 Å². The van der Waals surface area contributed by atoms with E-state index >= 15 is 0 Å². The average molecular weight is 394 g/mol. The van der Waals surface area contributed by atoms with Crippen molar-refractivity contribution in [3.8, 4) is 0 Å². The zero-order chi connectivity index (χ0) is 21.0. The van der Waals surface area contributed by atoms with Gasteiger partial charge in [-0.15, -0.1) is 0 Å². The van der Waals surface area contributed by atoms with Gasteiger partial charge in [-0.25, -0.2) is 4.79 Å². The Kier molecular flexibility index (Phi) is 7.90. The summed E-state index contributed by atoms with van der Waals surface area (Å²) in [6.45, 7) is 5.05. The van der Waals surface area contributed by atoms with Crippen molar-refractivity contribution in [2.75, 3.05) is 33.3 Å². The Hall–Kier alpha value is -1.58. The van der Waals surface area contributed by atoms with Crippen LogP contribution in [-0.4, -0.2) is 61.8 Å². The van der Waals surface area contributed by atoms with E-state index in [0.29, 0.717) is 5.57 Å². The summed E-state index contributed by atoms with van der Waals surface area (Å²) in [4.78, 5) is 11.3. The van der Waals surface area contributed by atoms with E-state index in [-0.39, 0.29) is 18.7 Å². The highest BCUT2D eigenvalue weighted by molar-refractivity contribution is 5.86. The fourth-order valence-electron chi connectivity index (χ4n) is 1.91. The molecule has 0 heterocycles. The molecule has 0 fully saturated rings. The second-order valence-corrected chi connectivity index (χ2v) is 6.66. The van der Waals surface area contributed by atoms with Crippen molar-refractivity contribution in [2.45, 2.75) is 38.8 Å². The zero-order valence-electron chi connectivity index (χ0n) is 15.0. The Morgan fingerprint density at radius 1 is 1.08 bits per heavy atom. The van der Waals surface area contributed by atoms with Gasteiger partial charge in [-0.05, 0) is 26.8 Å². The van der Waals surface area contributed by atoms with Crippen LogP contribution in [0.15, 0.2) is 23.8 Å². The summed E-state index contributed by atoms with van der Waals surface area (Å²) in [5, 5.41) is 0. The van der Waals surface area contributed by atoms with Crippen molar-refractivity contribution in [3.05, 3.63) is 23.8 Å². The molecule has 0 N–H and O–H groups in total. The summed E-state index contributed by atoms with van der Waals surface area (Å²) in [6.07, 6.45) is -4.95. The van der Waals surface area contributed by atoms with Gasteiger partial charge in [-0.1, -0.05) is 12.2 Å². The van der Waals surface area contributed by atoms with Crippen LogP contribution in [0.4, 0.5) is 30.7 Å². The lowest BCUT2D eigenvalue weighted by atomic mass is 10.1. The van der Waals surface area contributed by atoms with Gasteiger partial charge in [0.15, 0.2) is 6.54 Å². The smallest absolute Gasteiger partial charge is 0.456 e. The summed E-state index contributed by atoms with van der Waals surface area (Å²) in [5.74, 6) is -12.3. The minimum atomic E-state index is -6.38. The number of nitrogens with zero attached hydrogens (tertiary/aromatic N) is 1. The maximum absolute atomic E-state index is 13.8. The summed E-state index contributed by atoms with van der Waals surface area (Å²) in [5.41, 5.74) is 0.705. The number of carbonyl (C=O) groups is 1. The Balaban J connectivity index is 5.44. The summed E-state index contributed by atoms with van der Waals surface area (Å²) < 4.78 is 94.9. The third-order valence-corrected chi connectivity index (χ3v) is 3.55. The molecule has 1 unspecified atom stereocenters. The number of likely N-dealkylation sites (N-methyl/N-ethyl adjacent to an activating group) is 1. The number of ether oxygens (including phenoxy) is 1. The molecule has 0 aliphatic heterocycles.